The van der Waals surface area contributed by atoms with Crippen molar-refractivity contribution in [2.24, 2.45) is 0 Å². The molecule has 0 radical (unpaired) electrons. The highest BCUT2D eigenvalue weighted by Crippen LogP contribution is 2.51. The molecule has 4 aromatic rings. The molecule has 0 saturated heterocycles. The number of ether oxygens (including phenoxy) is 2. The van der Waals surface area contributed by atoms with Crippen molar-refractivity contribution in [1.82, 2.24) is 0 Å². The second kappa shape index (κ2) is 12.9. The second-order valence-corrected chi connectivity index (χ2v) is 13.6. The summed E-state index contributed by atoms with van der Waals surface area (Å²) in [5.41, 5.74) is 3.15. The lowest BCUT2D eigenvalue weighted by molar-refractivity contribution is 0.411. The third-order valence-corrected chi connectivity index (χ3v) is 12.2. The average Bonchev–Trinajstić information content (AvgIpc) is 2.92. The molecular weight excluding hydrogens is 466 g/mol. The highest BCUT2D eigenvalue weighted by Gasteiger charge is 2.25. The van der Waals surface area contributed by atoms with Crippen molar-refractivity contribution in [3.8, 4) is 11.5 Å². The van der Waals surface area contributed by atoms with Crippen LogP contribution in [0.25, 0.3) is 0 Å². The fraction of sp³-hybridized carbons (Fsp3) is 0.226. The Hall–Kier alpha value is -2.66. The largest absolute Gasteiger partial charge is 0.496 e. The molecule has 0 saturated carbocycles. The molecule has 4 aromatic carbocycles. The summed E-state index contributed by atoms with van der Waals surface area (Å²) in [5, 5.41) is 2.92. The Balaban J connectivity index is 1.65. The Morgan fingerprint density at radius 2 is 1.03 bits per heavy atom. The molecule has 0 N–H and O–H groups in total. The number of para-hydroxylation sites is 2. The van der Waals surface area contributed by atoms with E-state index in [1.54, 1.807) is 14.2 Å². The van der Waals surface area contributed by atoms with Gasteiger partial charge in [0.2, 0.25) is 0 Å². The van der Waals surface area contributed by atoms with Crippen LogP contribution < -0.4 is 20.1 Å². The summed E-state index contributed by atoms with van der Waals surface area (Å²) < 4.78 is 11.4. The van der Waals surface area contributed by atoms with Gasteiger partial charge in [-0.2, -0.15) is 0 Å². The minimum absolute atomic E-state index is 0.397. The van der Waals surface area contributed by atoms with Gasteiger partial charge < -0.3 is 9.47 Å². The highest BCUT2D eigenvalue weighted by atomic mass is 31.1. The zero-order chi connectivity index (χ0) is 24.5. The maximum absolute atomic E-state index is 5.72. The molecule has 0 heterocycles. The van der Waals surface area contributed by atoms with E-state index in [1.165, 1.54) is 27.9 Å². The molecule has 0 amide bonds. The quantitative estimate of drug-likeness (QED) is 0.200. The molecule has 0 aliphatic carbocycles. The standard InChI is InChI=1S/C31H34O2P2/c1-25(35(29-18-8-5-9-19-29)24-27-15-11-13-21-31(27)33-3)22-34(28-16-6-4-7-17-28)23-26-14-10-12-20-30(26)32-2/h4-21,25H,22-24H2,1-3H3. The summed E-state index contributed by atoms with van der Waals surface area (Å²) in [6.45, 7) is 2.45. The molecule has 4 heteroatoms. The number of rotatable bonds is 11. The monoisotopic (exact) mass is 500 g/mol. The molecule has 3 unspecified atom stereocenters. The van der Waals surface area contributed by atoms with E-state index in [-0.39, 0.29) is 0 Å². The normalized spacial score (nSPS) is 13.6. The lowest BCUT2D eigenvalue weighted by atomic mass is 10.2. The van der Waals surface area contributed by atoms with Crippen LogP contribution >= 0.6 is 15.8 Å². The first-order valence-corrected chi connectivity index (χ1v) is 15.4. The molecule has 0 aliphatic rings. The van der Waals surface area contributed by atoms with Crippen molar-refractivity contribution >= 4 is 26.5 Å². The minimum Gasteiger partial charge on any atom is -0.496 e. The molecule has 35 heavy (non-hydrogen) atoms. The van der Waals surface area contributed by atoms with Crippen LogP contribution in [0.3, 0.4) is 0 Å². The first-order chi connectivity index (χ1) is 17.2. The summed E-state index contributed by atoms with van der Waals surface area (Å²) in [4.78, 5) is 0. The van der Waals surface area contributed by atoms with Gasteiger partial charge in [0.25, 0.3) is 0 Å². The van der Waals surface area contributed by atoms with E-state index in [4.69, 9.17) is 9.47 Å². The van der Waals surface area contributed by atoms with Crippen LogP contribution in [0, 0.1) is 0 Å². The highest BCUT2D eigenvalue weighted by molar-refractivity contribution is 7.69. The van der Waals surface area contributed by atoms with Crippen molar-refractivity contribution in [2.75, 3.05) is 20.4 Å². The van der Waals surface area contributed by atoms with E-state index in [0.717, 1.165) is 23.8 Å². The molecule has 180 valence electrons. The van der Waals surface area contributed by atoms with Crippen molar-refractivity contribution in [1.29, 1.82) is 0 Å². The number of benzene rings is 4. The van der Waals surface area contributed by atoms with Gasteiger partial charge in [-0.1, -0.05) is 120 Å². The van der Waals surface area contributed by atoms with Gasteiger partial charge in [0.15, 0.2) is 0 Å². The average molecular weight is 501 g/mol. The molecule has 0 bridgehead atoms. The van der Waals surface area contributed by atoms with E-state index in [2.05, 4.69) is 116 Å². The van der Waals surface area contributed by atoms with Crippen molar-refractivity contribution < 1.29 is 9.47 Å². The van der Waals surface area contributed by atoms with Crippen molar-refractivity contribution in [3.05, 3.63) is 120 Å². The zero-order valence-corrected chi connectivity index (χ0v) is 22.6. The Morgan fingerprint density at radius 1 is 0.571 bits per heavy atom. The smallest absolute Gasteiger partial charge is 0.122 e. The summed E-state index contributed by atoms with van der Waals surface area (Å²) in [5.74, 6) is 1.98. The molecule has 4 rings (SSSR count). The van der Waals surface area contributed by atoms with Crippen LogP contribution in [0.5, 0.6) is 11.5 Å². The van der Waals surface area contributed by atoms with Gasteiger partial charge in [-0.15, -0.1) is 0 Å². The summed E-state index contributed by atoms with van der Waals surface area (Å²) in [7, 11) is 2.73. The SMILES string of the molecule is COc1ccccc1CP(CC(C)P(Cc1ccccc1OC)c1ccccc1)c1ccccc1. The summed E-state index contributed by atoms with van der Waals surface area (Å²) >= 11 is 0. The van der Waals surface area contributed by atoms with Gasteiger partial charge in [-0.25, -0.2) is 0 Å². The Kier molecular flexibility index (Phi) is 9.35. The lowest BCUT2D eigenvalue weighted by Crippen LogP contribution is -2.19. The third kappa shape index (κ3) is 6.72. The molecular formula is C31H34O2P2. The van der Waals surface area contributed by atoms with Gasteiger partial charge in [0.1, 0.15) is 11.5 Å². The molecule has 3 atom stereocenters. The van der Waals surface area contributed by atoms with Crippen LogP contribution in [0.15, 0.2) is 109 Å². The van der Waals surface area contributed by atoms with Crippen LogP contribution in [-0.2, 0) is 12.3 Å². The van der Waals surface area contributed by atoms with Crippen LogP contribution in [0.4, 0.5) is 0 Å². The maximum Gasteiger partial charge on any atom is 0.122 e. The molecule has 2 nitrogen and oxygen atoms in total. The fourth-order valence-corrected chi connectivity index (χ4v) is 10.5. The molecule has 0 aliphatic heterocycles. The van der Waals surface area contributed by atoms with Crippen LogP contribution in [0.2, 0.25) is 0 Å². The predicted octanol–water partition coefficient (Wildman–Crippen LogP) is 7.41. The van der Waals surface area contributed by atoms with E-state index >= 15 is 0 Å². The zero-order valence-electron chi connectivity index (χ0n) is 20.8. The molecule has 0 aromatic heterocycles. The first kappa shape index (κ1) is 25.4. The van der Waals surface area contributed by atoms with E-state index < -0.39 is 15.8 Å². The van der Waals surface area contributed by atoms with E-state index in [1.807, 2.05) is 0 Å². The topological polar surface area (TPSA) is 18.5 Å². The minimum atomic E-state index is -0.419. The van der Waals surface area contributed by atoms with Gasteiger partial charge in [0.05, 0.1) is 14.2 Å². The molecule has 0 spiro atoms. The van der Waals surface area contributed by atoms with Gasteiger partial charge in [0, 0.05) is 12.3 Å². The van der Waals surface area contributed by atoms with Crippen molar-refractivity contribution in [3.63, 3.8) is 0 Å². The lowest BCUT2D eigenvalue weighted by Gasteiger charge is -2.30. The number of hydrogen-bond donors (Lipinski definition) is 0. The van der Waals surface area contributed by atoms with Gasteiger partial charge in [-0.05, 0) is 45.7 Å². The van der Waals surface area contributed by atoms with Crippen molar-refractivity contribution in [2.45, 2.75) is 24.9 Å². The Bertz CT molecular complexity index is 1180. The van der Waals surface area contributed by atoms with E-state index in [9.17, 15) is 0 Å². The summed E-state index contributed by atoms with van der Waals surface area (Å²) in [6.07, 6.45) is 3.23. The number of hydrogen-bond acceptors (Lipinski definition) is 2. The van der Waals surface area contributed by atoms with E-state index in [0.29, 0.717) is 5.66 Å². The molecule has 0 fully saturated rings. The Labute approximate surface area is 212 Å². The first-order valence-electron chi connectivity index (χ1n) is 12.0. The maximum atomic E-state index is 5.72. The number of methoxy groups -OCH3 is 2. The van der Waals surface area contributed by atoms with Gasteiger partial charge >= 0.3 is 0 Å². The summed E-state index contributed by atoms with van der Waals surface area (Å²) in [6, 6.07) is 39.1. The van der Waals surface area contributed by atoms with Gasteiger partial charge in [-0.3, -0.25) is 0 Å². The Morgan fingerprint density at radius 3 is 1.57 bits per heavy atom. The van der Waals surface area contributed by atoms with Crippen LogP contribution in [0.1, 0.15) is 18.1 Å². The third-order valence-electron chi connectivity index (χ3n) is 6.31. The predicted molar refractivity (Wildman–Crippen MR) is 154 cm³/mol. The second-order valence-electron chi connectivity index (χ2n) is 8.65. The van der Waals surface area contributed by atoms with Crippen LogP contribution in [-0.4, -0.2) is 26.0 Å². The fourth-order valence-electron chi connectivity index (χ4n) is 4.49.